The quantitative estimate of drug-likeness (QED) is 0.878. The number of nitrogen functional groups attached to an aromatic ring is 1. The standard InChI is InChI=1S/C14H16N2O/c1-3-10-8-16-9-13(15)14(10)11-4-6-12(17-2)7-5-11/h4-9H,3,15H2,1-2H3. The summed E-state index contributed by atoms with van der Waals surface area (Å²) in [6.45, 7) is 2.10. The van der Waals surface area contributed by atoms with Gasteiger partial charge in [-0.1, -0.05) is 19.1 Å². The first-order chi connectivity index (χ1) is 8.26. The number of rotatable bonds is 3. The molecule has 0 atom stereocenters. The summed E-state index contributed by atoms with van der Waals surface area (Å²) >= 11 is 0. The molecule has 3 nitrogen and oxygen atoms in total. The minimum absolute atomic E-state index is 0.717. The van der Waals surface area contributed by atoms with Gasteiger partial charge in [0.05, 0.1) is 19.0 Å². The molecule has 0 saturated carbocycles. The lowest BCUT2D eigenvalue weighted by molar-refractivity contribution is 0.415. The number of nitrogens with zero attached hydrogens (tertiary/aromatic N) is 1. The van der Waals surface area contributed by atoms with Crippen molar-refractivity contribution in [2.75, 3.05) is 12.8 Å². The zero-order chi connectivity index (χ0) is 12.3. The van der Waals surface area contributed by atoms with E-state index in [-0.39, 0.29) is 0 Å². The van der Waals surface area contributed by atoms with E-state index in [9.17, 15) is 0 Å². The van der Waals surface area contributed by atoms with E-state index in [1.54, 1.807) is 13.3 Å². The summed E-state index contributed by atoms with van der Waals surface area (Å²) in [4.78, 5) is 4.13. The fourth-order valence-electron chi connectivity index (χ4n) is 1.90. The maximum atomic E-state index is 6.01. The number of ether oxygens (including phenoxy) is 1. The minimum atomic E-state index is 0.717. The Morgan fingerprint density at radius 3 is 2.47 bits per heavy atom. The van der Waals surface area contributed by atoms with Gasteiger partial charge in [0.2, 0.25) is 0 Å². The second-order valence-corrected chi connectivity index (χ2v) is 3.84. The van der Waals surface area contributed by atoms with Crippen LogP contribution in [0.2, 0.25) is 0 Å². The molecule has 3 heteroatoms. The van der Waals surface area contributed by atoms with Gasteiger partial charge < -0.3 is 10.5 Å². The van der Waals surface area contributed by atoms with Crippen LogP contribution in [0.1, 0.15) is 12.5 Å². The van der Waals surface area contributed by atoms with Crippen LogP contribution in [0.25, 0.3) is 11.1 Å². The summed E-state index contributed by atoms with van der Waals surface area (Å²) in [7, 11) is 1.66. The van der Waals surface area contributed by atoms with E-state index in [1.807, 2.05) is 30.5 Å². The van der Waals surface area contributed by atoms with Crippen molar-refractivity contribution >= 4 is 5.69 Å². The van der Waals surface area contributed by atoms with Crippen LogP contribution >= 0.6 is 0 Å². The molecule has 0 unspecified atom stereocenters. The lowest BCUT2D eigenvalue weighted by atomic mass is 9.98. The first-order valence-electron chi connectivity index (χ1n) is 5.63. The second kappa shape index (κ2) is 4.87. The highest BCUT2D eigenvalue weighted by Crippen LogP contribution is 2.30. The number of methoxy groups -OCH3 is 1. The van der Waals surface area contributed by atoms with Gasteiger partial charge in [0.25, 0.3) is 0 Å². The average molecular weight is 228 g/mol. The lowest BCUT2D eigenvalue weighted by Gasteiger charge is -2.11. The highest BCUT2D eigenvalue weighted by molar-refractivity contribution is 5.78. The zero-order valence-corrected chi connectivity index (χ0v) is 10.1. The van der Waals surface area contributed by atoms with Crippen molar-refractivity contribution in [1.29, 1.82) is 0 Å². The molecular formula is C14H16N2O. The summed E-state index contributed by atoms with van der Waals surface area (Å²) in [6.07, 6.45) is 4.48. The van der Waals surface area contributed by atoms with Crippen molar-refractivity contribution in [3.05, 3.63) is 42.2 Å². The number of anilines is 1. The van der Waals surface area contributed by atoms with Gasteiger partial charge >= 0.3 is 0 Å². The predicted octanol–water partition coefficient (Wildman–Crippen LogP) is 2.90. The van der Waals surface area contributed by atoms with E-state index in [0.717, 1.165) is 34.5 Å². The van der Waals surface area contributed by atoms with Crippen LogP contribution in [0.3, 0.4) is 0 Å². The number of aryl methyl sites for hydroxylation is 1. The van der Waals surface area contributed by atoms with E-state index in [0.29, 0.717) is 0 Å². The smallest absolute Gasteiger partial charge is 0.118 e. The highest BCUT2D eigenvalue weighted by Gasteiger charge is 2.08. The Labute approximate surface area is 101 Å². The largest absolute Gasteiger partial charge is 0.497 e. The van der Waals surface area contributed by atoms with Crippen LogP contribution in [0.4, 0.5) is 5.69 Å². The summed E-state index contributed by atoms with van der Waals surface area (Å²) in [5, 5.41) is 0. The van der Waals surface area contributed by atoms with E-state index >= 15 is 0 Å². The van der Waals surface area contributed by atoms with Gasteiger partial charge in [-0.2, -0.15) is 0 Å². The van der Waals surface area contributed by atoms with Crippen LogP contribution in [0, 0.1) is 0 Å². The van der Waals surface area contributed by atoms with Crippen molar-refractivity contribution in [2.24, 2.45) is 0 Å². The van der Waals surface area contributed by atoms with Crippen molar-refractivity contribution in [3.8, 4) is 16.9 Å². The van der Waals surface area contributed by atoms with Gasteiger partial charge in [-0.3, -0.25) is 4.98 Å². The molecule has 0 aliphatic rings. The molecule has 0 spiro atoms. The van der Waals surface area contributed by atoms with Gasteiger partial charge in [-0.25, -0.2) is 0 Å². The molecule has 88 valence electrons. The average Bonchev–Trinajstić information content (AvgIpc) is 2.38. The number of benzene rings is 1. The van der Waals surface area contributed by atoms with E-state index in [2.05, 4.69) is 11.9 Å². The van der Waals surface area contributed by atoms with Crippen LogP contribution in [0.5, 0.6) is 5.75 Å². The normalized spacial score (nSPS) is 10.2. The Morgan fingerprint density at radius 1 is 1.18 bits per heavy atom. The summed E-state index contributed by atoms with van der Waals surface area (Å²) < 4.78 is 5.15. The molecule has 1 heterocycles. The maximum Gasteiger partial charge on any atom is 0.118 e. The Morgan fingerprint density at radius 2 is 1.88 bits per heavy atom. The van der Waals surface area contributed by atoms with E-state index in [1.165, 1.54) is 0 Å². The SMILES string of the molecule is CCc1cncc(N)c1-c1ccc(OC)cc1. The summed E-state index contributed by atoms with van der Waals surface area (Å²) in [6, 6.07) is 7.91. The number of aromatic nitrogens is 1. The van der Waals surface area contributed by atoms with Crippen LogP contribution < -0.4 is 10.5 Å². The molecule has 1 aromatic heterocycles. The van der Waals surface area contributed by atoms with Crippen molar-refractivity contribution < 1.29 is 4.74 Å². The molecule has 0 saturated heterocycles. The lowest BCUT2D eigenvalue weighted by Crippen LogP contribution is -1.96. The molecule has 17 heavy (non-hydrogen) atoms. The van der Waals surface area contributed by atoms with Gasteiger partial charge in [0.15, 0.2) is 0 Å². The predicted molar refractivity (Wildman–Crippen MR) is 70.0 cm³/mol. The van der Waals surface area contributed by atoms with Gasteiger partial charge in [-0.05, 0) is 29.7 Å². The molecule has 2 rings (SSSR count). The second-order valence-electron chi connectivity index (χ2n) is 3.84. The van der Waals surface area contributed by atoms with Gasteiger partial charge in [0, 0.05) is 11.8 Å². The topological polar surface area (TPSA) is 48.1 Å². The molecule has 0 amide bonds. The third-order valence-electron chi connectivity index (χ3n) is 2.81. The van der Waals surface area contributed by atoms with E-state index < -0.39 is 0 Å². The molecule has 0 bridgehead atoms. The maximum absolute atomic E-state index is 6.01. The fourth-order valence-corrected chi connectivity index (χ4v) is 1.90. The molecular weight excluding hydrogens is 212 g/mol. The molecule has 1 aromatic carbocycles. The molecule has 0 radical (unpaired) electrons. The monoisotopic (exact) mass is 228 g/mol. The van der Waals surface area contributed by atoms with Crippen molar-refractivity contribution in [1.82, 2.24) is 4.98 Å². The first kappa shape index (κ1) is 11.5. The Kier molecular flexibility index (Phi) is 3.28. The van der Waals surface area contributed by atoms with Crippen molar-refractivity contribution in [3.63, 3.8) is 0 Å². The Hall–Kier alpha value is -2.03. The van der Waals surface area contributed by atoms with Crippen LogP contribution in [-0.2, 0) is 6.42 Å². The molecule has 2 aromatic rings. The van der Waals surface area contributed by atoms with E-state index in [4.69, 9.17) is 10.5 Å². The summed E-state index contributed by atoms with van der Waals surface area (Å²) in [5.41, 5.74) is 10.1. The fraction of sp³-hybridized carbons (Fsp3) is 0.214. The molecule has 0 aliphatic carbocycles. The van der Waals surface area contributed by atoms with Gasteiger partial charge in [-0.15, -0.1) is 0 Å². The third-order valence-corrected chi connectivity index (χ3v) is 2.81. The number of hydrogen-bond donors (Lipinski definition) is 1. The molecule has 0 aliphatic heterocycles. The molecule has 0 fully saturated rings. The van der Waals surface area contributed by atoms with Crippen LogP contribution in [0.15, 0.2) is 36.7 Å². The minimum Gasteiger partial charge on any atom is -0.497 e. The highest BCUT2D eigenvalue weighted by atomic mass is 16.5. The van der Waals surface area contributed by atoms with Crippen molar-refractivity contribution in [2.45, 2.75) is 13.3 Å². The van der Waals surface area contributed by atoms with Gasteiger partial charge in [0.1, 0.15) is 5.75 Å². The molecule has 2 N–H and O–H groups in total. The number of pyridine rings is 1. The number of nitrogens with two attached hydrogens (primary N) is 1. The zero-order valence-electron chi connectivity index (χ0n) is 10.1. The Balaban J connectivity index is 2.51. The summed E-state index contributed by atoms with van der Waals surface area (Å²) in [5.74, 6) is 0.847. The Bertz CT molecular complexity index is 506. The van der Waals surface area contributed by atoms with Crippen LogP contribution in [-0.4, -0.2) is 12.1 Å². The number of hydrogen-bond acceptors (Lipinski definition) is 3. The first-order valence-corrected chi connectivity index (χ1v) is 5.63. The third kappa shape index (κ3) is 2.23.